The van der Waals surface area contributed by atoms with E-state index in [1.165, 1.54) is 10.5 Å². The Kier molecular flexibility index (Phi) is 6.01. The van der Waals surface area contributed by atoms with Crippen LogP contribution in [0, 0.1) is 0 Å². The zero-order chi connectivity index (χ0) is 22.8. The highest BCUT2D eigenvalue weighted by Gasteiger charge is 2.40. The van der Waals surface area contributed by atoms with Crippen LogP contribution in [0.2, 0.25) is 5.02 Å². The predicted octanol–water partition coefficient (Wildman–Crippen LogP) is 5.37. The second-order valence-corrected chi connectivity index (χ2v) is 8.23. The second kappa shape index (κ2) is 8.89. The van der Waals surface area contributed by atoms with Crippen LogP contribution in [0.15, 0.2) is 78.5 Å². The molecular formula is C26H24ClN3O2. The van der Waals surface area contributed by atoms with Crippen molar-refractivity contribution in [2.24, 2.45) is 0 Å². The van der Waals surface area contributed by atoms with Crippen LogP contribution in [-0.4, -0.2) is 25.9 Å². The van der Waals surface area contributed by atoms with Crippen LogP contribution in [0.1, 0.15) is 18.1 Å². The number of aryl methyl sites for hydroxylation is 1. The Bertz CT molecular complexity index is 1200. The first-order valence-electron chi connectivity index (χ1n) is 10.4. The summed E-state index contributed by atoms with van der Waals surface area (Å²) in [6, 6.07) is 22.1. The zero-order valence-corrected chi connectivity index (χ0v) is 19.0. The molecular weight excluding hydrogens is 422 g/mol. The predicted molar refractivity (Wildman–Crippen MR) is 131 cm³/mol. The third-order valence-corrected chi connectivity index (χ3v) is 5.70. The molecule has 0 bridgehead atoms. The molecule has 6 heteroatoms. The number of imide groups is 1. The van der Waals surface area contributed by atoms with Crippen LogP contribution in [0.3, 0.4) is 0 Å². The van der Waals surface area contributed by atoms with E-state index in [0.29, 0.717) is 21.8 Å². The molecule has 3 aromatic rings. The summed E-state index contributed by atoms with van der Waals surface area (Å²) in [6.45, 7) is 2.09. The molecule has 1 N–H and O–H groups in total. The lowest BCUT2D eigenvalue weighted by molar-refractivity contribution is -0.120. The summed E-state index contributed by atoms with van der Waals surface area (Å²) in [5, 5.41) is 3.76. The summed E-state index contributed by atoms with van der Waals surface area (Å²) in [5.41, 5.74) is 4.56. The number of nitrogens with zero attached hydrogens (tertiary/aromatic N) is 2. The van der Waals surface area contributed by atoms with Gasteiger partial charge in [-0.15, -0.1) is 0 Å². The minimum atomic E-state index is -0.393. The van der Waals surface area contributed by atoms with E-state index < -0.39 is 5.91 Å². The Morgan fingerprint density at radius 3 is 2.22 bits per heavy atom. The Balaban J connectivity index is 1.79. The molecule has 1 aliphatic rings. The lowest BCUT2D eigenvalue weighted by Gasteiger charge is -2.19. The molecule has 4 rings (SSSR count). The van der Waals surface area contributed by atoms with Crippen molar-refractivity contribution in [1.29, 1.82) is 0 Å². The topological polar surface area (TPSA) is 52.7 Å². The number of nitrogens with one attached hydrogen (secondary N) is 1. The van der Waals surface area contributed by atoms with Crippen molar-refractivity contribution >= 4 is 46.1 Å². The van der Waals surface area contributed by atoms with Crippen molar-refractivity contribution in [3.8, 4) is 0 Å². The van der Waals surface area contributed by atoms with Gasteiger partial charge in [-0.2, -0.15) is 0 Å². The first-order chi connectivity index (χ1) is 15.4. The van der Waals surface area contributed by atoms with Crippen LogP contribution in [0.5, 0.6) is 0 Å². The highest BCUT2D eigenvalue weighted by molar-refractivity contribution is 6.46. The van der Waals surface area contributed by atoms with Crippen molar-refractivity contribution in [3.05, 3.63) is 94.6 Å². The molecule has 1 aliphatic heterocycles. The molecule has 0 fully saturated rings. The minimum absolute atomic E-state index is 0.247. The molecule has 5 nitrogen and oxygen atoms in total. The van der Waals surface area contributed by atoms with Gasteiger partial charge >= 0.3 is 0 Å². The van der Waals surface area contributed by atoms with E-state index in [4.69, 9.17) is 11.6 Å². The van der Waals surface area contributed by atoms with Crippen molar-refractivity contribution < 1.29 is 9.59 Å². The zero-order valence-electron chi connectivity index (χ0n) is 18.2. The van der Waals surface area contributed by atoms with Gasteiger partial charge in [0.05, 0.1) is 11.3 Å². The highest BCUT2D eigenvalue weighted by Crippen LogP contribution is 2.35. The summed E-state index contributed by atoms with van der Waals surface area (Å²) in [5.74, 6) is -0.767. The molecule has 32 heavy (non-hydrogen) atoms. The van der Waals surface area contributed by atoms with E-state index in [1.807, 2.05) is 61.5 Å². The molecule has 3 aromatic carbocycles. The number of hydrogen-bond acceptors (Lipinski definition) is 4. The van der Waals surface area contributed by atoms with Gasteiger partial charge in [0.1, 0.15) is 5.70 Å². The minimum Gasteiger partial charge on any atom is -0.378 e. The molecule has 0 saturated carbocycles. The molecule has 0 unspecified atom stereocenters. The first-order valence-corrected chi connectivity index (χ1v) is 10.8. The van der Waals surface area contributed by atoms with Gasteiger partial charge in [-0.25, -0.2) is 4.90 Å². The quantitative estimate of drug-likeness (QED) is 0.518. The van der Waals surface area contributed by atoms with Crippen LogP contribution in [0.4, 0.5) is 17.1 Å². The monoisotopic (exact) mass is 445 g/mol. The van der Waals surface area contributed by atoms with Gasteiger partial charge in [-0.1, -0.05) is 48.9 Å². The van der Waals surface area contributed by atoms with Crippen molar-refractivity contribution in [2.75, 3.05) is 29.2 Å². The van der Waals surface area contributed by atoms with E-state index in [-0.39, 0.29) is 11.6 Å². The maximum Gasteiger partial charge on any atom is 0.282 e. The van der Waals surface area contributed by atoms with Crippen molar-refractivity contribution in [2.45, 2.75) is 13.3 Å². The fourth-order valence-electron chi connectivity index (χ4n) is 3.64. The molecule has 0 atom stereocenters. The van der Waals surface area contributed by atoms with Crippen LogP contribution in [0.25, 0.3) is 5.57 Å². The lowest BCUT2D eigenvalue weighted by atomic mass is 10.0. The standard InChI is InChI=1S/C26H24ClN3O2/c1-4-17-8-14-20(15-9-17)28-24-23(18-10-12-19(27)13-11-18)25(31)30(26(24)32)22-7-5-6-21(16-22)29(2)3/h5-16,28H,4H2,1-3H3. The maximum atomic E-state index is 13.5. The fraction of sp³-hybridized carbons (Fsp3) is 0.154. The van der Waals surface area contributed by atoms with Gasteiger partial charge in [0, 0.05) is 30.5 Å². The Morgan fingerprint density at radius 2 is 1.59 bits per heavy atom. The van der Waals surface area contributed by atoms with Gasteiger partial charge in [0.2, 0.25) is 0 Å². The van der Waals surface area contributed by atoms with Crippen molar-refractivity contribution in [1.82, 2.24) is 0 Å². The van der Waals surface area contributed by atoms with Gasteiger partial charge in [0.25, 0.3) is 11.8 Å². The molecule has 0 radical (unpaired) electrons. The van der Waals surface area contributed by atoms with Gasteiger partial charge in [0.15, 0.2) is 0 Å². The average Bonchev–Trinajstić information content (AvgIpc) is 3.04. The maximum absolute atomic E-state index is 13.5. The number of halogens is 1. The van der Waals surface area contributed by atoms with E-state index in [1.54, 1.807) is 30.3 Å². The largest absolute Gasteiger partial charge is 0.378 e. The Labute approximate surface area is 192 Å². The summed E-state index contributed by atoms with van der Waals surface area (Å²) in [7, 11) is 3.83. The lowest BCUT2D eigenvalue weighted by Crippen LogP contribution is -2.32. The number of anilines is 3. The third kappa shape index (κ3) is 4.12. The molecule has 0 aromatic heterocycles. The molecule has 0 saturated heterocycles. The second-order valence-electron chi connectivity index (χ2n) is 7.79. The summed E-state index contributed by atoms with van der Waals surface area (Å²) < 4.78 is 0. The van der Waals surface area contributed by atoms with E-state index >= 15 is 0 Å². The number of carbonyl (C=O) groups excluding carboxylic acids is 2. The van der Waals surface area contributed by atoms with Gasteiger partial charge in [-0.05, 0) is 60.0 Å². The smallest absolute Gasteiger partial charge is 0.282 e. The third-order valence-electron chi connectivity index (χ3n) is 5.45. The number of benzene rings is 3. The number of hydrogen-bond donors (Lipinski definition) is 1. The molecule has 0 spiro atoms. The summed E-state index contributed by atoms with van der Waals surface area (Å²) >= 11 is 6.05. The average molecular weight is 446 g/mol. The van der Waals surface area contributed by atoms with E-state index in [0.717, 1.165) is 17.8 Å². The highest BCUT2D eigenvalue weighted by atomic mass is 35.5. The molecule has 2 amide bonds. The molecule has 0 aliphatic carbocycles. The van der Waals surface area contributed by atoms with Crippen LogP contribution >= 0.6 is 11.6 Å². The Morgan fingerprint density at radius 1 is 0.906 bits per heavy atom. The first kappa shape index (κ1) is 21.7. The van der Waals surface area contributed by atoms with Crippen molar-refractivity contribution in [3.63, 3.8) is 0 Å². The normalized spacial score (nSPS) is 13.7. The number of carbonyl (C=O) groups is 2. The van der Waals surface area contributed by atoms with Crippen LogP contribution in [-0.2, 0) is 16.0 Å². The fourth-order valence-corrected chi connectivity index (χ4v) is 3.77. The SMILES string of the molecule is CCc1ccc(NC2=C(c3ccc(Cl)cc3)C(=O)N(c3cccc(N(C)C)c3)C2=O)cc1. The summed E-state index contributed by atoms with van der Waals surface area (Å²) in [4.78, 5) is 30.2. The van der Waals surface area contributed by atoms with Crippen LogP contribution < -0.4 is 15.1 Å². The van der Waals surface area contributed by atoms with Gasteiger partial charge in [-0.3, -0.25) is 9.59 Å². The van der Waals surface area contributed by atoms with Gasteiger partial charge < -0.3 is 10.2 Å². The summed E-state index contributed by atoms with van der Waals surface area (Å²) in [6.07, 6.45) is 0.923. The number of amides is 2. The molecule has 162 valence electrons. The molecule has 1 heterocycles. The number of rotatable bonds is 6. The Hall–Kier alpha value is -3.57. The van der Waals surface area contributed by atoms with E-state index in [9.17, 15) is 9.59 Å². The van der Waals surface area contributed by atoms with E-state index in [2.05, 4.69) is 12.2 Å².